The van der Waals surface area contributed by atoms with Crippen molar-refractivity contribution in [3.05, 3.63) is 29.8 Å². The third-order valence-electron chi connectivity index (χ3n) is 3.09. The zero-order valence-corrected chi connectivity index (χ0v) is 10.7. The molecule has 1 nitrogen and oxygen atoms in total. The normalized spacial score (nSPS) is 24.2. The Labute approximate surface area is 105 Å². The molecule has 0 spiro atoms. The highest BCUT2D eigenvalue weighted by Crippen LogP contribution is 2.36. The fourth-order valence-corrected chi connectivity index (χ4v) is 3.62. The van der Waals surface area contributed by atoms with Crippen molar-refractivity contribution in [2.24, 2.45) is 0 Å². The smallest absolute Gasteiger partial charge is 0.139 e. The average molecular weight is 257 g/mol. The van der Waals surface area contributed by atoms with E-state index in [1.165, 1.54) is 30.3 Å². The molecule has 1 aliphatic carbocycles. The molecule has 2 rings (SSSR count). The van der Waals surface area contributed by atoms with Gasteiger partial charge in [-0.05, 0) is 31.5 Å². The van der Waals surface area contributed by atoms with Gasteiger partial charge >= 0.3 is 0 Å². The Morgan fingerprint density at radius 3 is 2.88 bits per heavy atom. The fourth-order valence-electron chi connectivity index (χ4n) is 2.30. The minimum Gasteiger partial charge on any atom is -0.313 e. The van der Waals surface area contributed by atoms with Gasteiger partial charge in [-0.15, -0.1) is 11.8 Å². The van der Waals surface area contributed by atoms with E-state index in [9.17, 15) is 8.78 Å². The Kier molecular flexibility index (Phi) is 4.40. The lowest BCUT2D eigenvalue weighted by atomic mass is 10.2. The maximum absolute atomic E-state index is 13.5. The second-order valence-corrected chi connectivity index (χ2v) is 5.61. The number of nitrogens with one attached hydrogen (secondary N) is 1. The van der Waals surface area contributed by atoms with Crippen molar-refractivity contribution >= 4 is 11.8 Å². The summed E-state index contributed by atoms with van der Waals surface area (Å²) in [5.74, 6) is -0.960. The van der Waals surface area contributed by atoms with Crippen molar-refractivity contribution in [2.45, 2.75) is 42.4 Å². The number of halogens is 2. The summed E-state index contributed by atoms with van der Waals surface area (Å²) in [6, 6.07) is 4.27. The first kappa shape index (κ1) is 12.8. The van der Waals surface area contributed by atoms with Crippen molar-refractivity contribution in [3.63, 3.8) is 0 Å². The second-order valence-electron chi connectivity index (χ2n) is 4.33. The third kappa shape index (κ3) is 3.19. The molecule has 1 aliphatic rings. The van der Waals surface area contributed by atoms with E-state index in [1.807, 2.05) is 0 Å². The zero-order valence-electron chi connectivity index (χ0n) is 9.88. The number of hydrogen-bond acceptors (Lipinski definition) is 2. The highest BCUT2D eigenvalue weighted by Gasteiger charge is 2.27. The van der Waals surface area contributed by atoms with Gasteiger partial charge in [-0.2, -0.15) is 0 Å². The molecule has 0 radical (unpaired) electrons. The quantitative estimate of drug-likeness (QED) is 0.884. The van der Waals surface area contributed by atoms with Crippen molar-refractivity contribution in [3.8, 4) is 0 Å². The maximum atomic E-state index is 13.5. The molecule has 1 aromatic rings. The van der Waals surface area contributed by atoms with E-state index < -0.39 is 11.6 Å². The van der Waals surface area contributed by atoms with E-state index in [2.05, 4.69) is 12.2 Å². The Hall–Kier alpha value is -0.610. The van der Waals surface area contributed by atoms with Gasteiger partial charge in [0.2, 0.25) is 0 Å². The summed E-state index contributed by atoms with van der Waals surface area (Å²) >= 11 is 1.53. The standard InChI is InChI=1S/C13H17F2NS/c1-2-16-11-4-3-5-13(11)17-12-7-6-9(14)8-10(12)15/h6-8,11,13,16H,2-5H2,1H3. The Morgan fingerprint density at radius 1 is 1.35 bits per heavy atom. The molecule has 0 aliphatic heterocycles. The SMILES string of the molecule is CCNC1CCCC1Sc1ccc(F)cc1F. The van der Waals surface area contributed by atoms with Crippen molar-refractivity contribution < 1.29 is 8.78 Å². The molecule has 17 heavy (non-hydrogen) atoms. The fraction of sp³-hybridized carbons (Fsp3) is 0.538. The van der Waals surface area contributed by atoms with E-state index >= 15 is 0 Å². The lowest BCUT2D eigenvalue weighted by Crippen LogP contribution is -2.33. The summed E-state index contributed by atoms with van der Waals surface area (Å²) < 4.78 is 26.3. The van der Waals surface area contributed by atoms with Crippen LogP contribution in [0.1, 0.15) is 26.2 Å². The van der Waals surface area contributed by atoms with Gasteiger partial charge in [0.1, 0.15) is 11.6 Å². The minimum absolute atomic E-state index is 0.398. The predicted molar refractivity (Wildman–Crippen MR) is 67.3 cm³/mol. The summed E-state index contributed by atoms with van der Waals surface area (Å²) in [4.78, 5) is 0.557. The highest BCUT2D eigenvalue weighted by molar-refractivity contribution is 8.00. The van der Waals surface area contributed by atoms with E-state index in [0.29, 0.717) is 16.2 Å². The summed E-state index contributed by atoms with van der Waals surface area (Å²) in [5, 5.41) is 3.83. The zero-order chi connectivity index (χ0) is 12.3. The van der Waals surface area contributed by atoms with E-state index in [0.717, 1.165) is 25.5 Å². The van der Waals surface area contributed by atoms with Crippen LogP contribution in [0.3, 0.4) is 0 Å². The van der Waals surface area contributed by atoms with Crippen molar-refractivity contribution in [1.82, 2.24) is 5.32 Å². The number of rotatable bonds is 4. The van der Waals surface area contributed by atoms with Gasteiger partial charge in [0, 0.05) is 22.3 Å². The lowest BCUT2D eigenvalue weighted by molar-refractivity contribution is 0.547. The monoisotopic (exact) mass is 257 g/mol. The van der Waals surface area contributed by atoms with Gasteiger partial charge in [0.05, 0.1) is 0 Å². The van der Waals surface area contributed by atoms with E-state index in [4.69, 9.17) is 0 Å². The minimum atomic E-state index is -0.512. The number of hydrogen-bond donors (Lipinski definition) is 1. The van der Waals surface area contributed by atoms with Gasteiger partial charge in [-0.3, -0.25) is 0 Å². The first-order valence-electron chi connectivity index (χ1n) is 6.05. The van der Waals surface area contributed by atoms with Crippen molar-refractivity contribution in [2.75, 3.05) is 6.54 Å². The first-order chi connectivity index (χ1) is 8.20. The molecule has 0 aromatic heterocycles. The Balaban J connectivity index is 2.04. The summed E-state index contributed by atoms with van der Waals surface area (Å²) in [6.07, 6.45) is 3.42. The third-order valence-corrected chi connectivity index (χ3v) is 4.54. The van der Waals surface area contributed by atoms with Gasteiger partial charge < -0.3 is 5.32 Å². The van der Waals surface area contributed by atoms with Crippen LogP contribution in [0.25, 0.3) is 0 Å². The number of benzene rings is 1. The molecular weight excluding hydrogens is 240 g/mol. The van der Waals surface area contributed by atoms with Crippen molar-refractivity contribution in [1.29, 1.82) is 0 Å². The average Bonchev–Trinajstić information content (AvgIpc) is 2.71. The van der Waals surface area contributed by atoms with Crippen LogP contribution in [-0.4, -0.2) is 17.8 Å². The Morgan fingerprint density at radius 2 is 2.18 bits per heavy atom. The van der Waals surface area contributed by atoms with Crippen LogP contribution in [0.5, 0.6) is 0 Å². The largest absolute Gasteiger partial charge is 0.313 e. The van der Waals surface area contributed by atoms with E-state index in [-0.39, 0.29) is 0 Å². The second kappa shape index (κ2) is 5.83. The van der Waals surface area contributed by atoms with Crippen LogP contribution < -0.4 is 5.32 Å². The molecule has 1 aromatic carbocycles. The van der Waals surface area contributed by atoms with Crippen LogP contribution in [0.15, 0.2) is 23.1 Å². The molecule has 2 unspecified atom stereocenters. The number of thioether (sulfide) groups is 1. The molecular formula is C13H17F2NS. The van der Waals surface area contributed by atoms with Crippen LogP contribution in [0.2, 0.25) is 0 Å². The molecule has 0 saturated heterocycles. The molecule has 2 atom stereocenters. The van der Waals surface area contributed by atoms with E-state index in [1.54, 1.807) is 0 Å². The highest BCUT2D eigenvalue weighted by atomic mass is 32.2. The van der Waals surface area contributed by atoms with Crippen LogP contribution >= 0.6 is 11.8 Å². The lowest BCUT2D eigenvalue weighted by Gasteiger charge is -2.20. The molecule has 1 N–H and O–H groups in total. The Bertz CT molecular complexity index is 384. The van der Waals surface area contributed by atoms with Gasteiger partial charge in [0.15, 0.2) is 0 Å². The summed E-state index contributed by atoms with van der Waals surface area (Å²) in [7, 11) is 0. The predicted octanol–water partition coefficient (Wildman–Crippen LogP) is 3.59. The molecule has 4 heteroatoms. The van der Waals surface area contributed by atoms with Gasteiger partial charge in [0.25, 0.3) is 0 Å². The summed E-state index contributed by atoms with van der Waals surface area (Å²) in [6.45, 7) is 3.02. The molecule has 1 saturated carbocycles. The molecule has 0 amide bonds. The topological polar surface area (TPSA) is 12.0 Å². The molecule has 0 heterocycles. The first-order valence-corrected chi connectivity index (χ1v) is 6.93. The summed E-state index contributed by atoms with van der Waals surface area (Å²) in [5.41, 5.74) is 0. The van der Waals surface area contributed by atoms with Crippen LogP contribution in [0, 0.1) is 11.6 Å². The van der Waals surface area contributed by atoms with Crippen LogP contribution in [0.4, 0.5) is 8.78 Å². The van der Waals surface area contributed by atoms with Crippen LogP contribution in [-0.2, 0) is 0 Å². The molecule has 1 fully saturated rings. The molecule has 94 valence electrons. The van der Waals surface area contributed by atoms with Gasteiger partial charge in [-0.1, -0.05) is 13.3 Å². The van der Waals surface area contributed by atoms with Gasteiger partial charge in [-0.25, -0.2) is 8.78 Å². The maximum Gasteiger partial charge on any atom is 0.139 e. The molecule has 0 bridgehead atoms.